The smallest absolute Gasteiger partial charge is 0.270 e. The van der Waals surface area contributed by atoms with Crippen LogP contribution in [0, 0.1) is 10.1 Å². The molecule has 150 valence electrons. The van der Waals surface area contributed by atoms with Crippen molar-refractivity contribution < 1.29 is 22.3 Å². The fourth-order valence-electron chi connectivity index (χ4n) is 3.37. The molecule has 0 spiro atoms. The van der Waals surface area contributed by atoms with Crippen LogP contribution in [0.1, 0.15) is 25.6 Å². The van der Waals surface area contributed by atoms with Crippen LogP contribution in [0.2, 0.25) is 0 Å². The van der Waals surface area contributed by atoms with Crippen LogP contribution in [0.5, 0.6) is 0 Å². The molecule has 2 atom stereocenters. The number of hydrogen-bond acceptors (Lipinski definition) is 6. The number of fused-ring (bicyclic) bond motifs is 1. The van der Waals surface area contributed by atoms with Gasteiger partial charge < -0.3 is 17.3 Å². The maximum atomic E-state index is 11.1. The SMILES string of the molecule is CCN(CC)c1ccc(N=NC2c3cc([N+](=O)[O-])ccc3[NH+](C)N2C)cc1.[Cl-]. The summed E-state index contributed by atoms with van der Waals surface area (Å²) in [5.41, 5.74) is 3.77. The topological polar surface area (TPSA) is 78.8 Å². The summed E-state index contributed by atoms with van der Waals surface area (Å²) < 4.78 is 0. The van der Waals surface area contributed by atoms with Crippen molar-refractivity contribution in [2.75, 3.05) is 32.1 Å². The molecular weight excluding hydrogens is 380 g/mol. The molecule has 0 aliphatic carbocycles. The molecule has 2 aromatic rings. The molecule has 1 heterocycles. The Kier molecular flexibility index (Phi) is 7.06. The van der Waals surface area contributed by atoms with Crippen molar-refractivity contribution in [1.29, 1.82) is 0 Å². The number of non-ortho nitro benzene ring substituents is 1. The standard InChI is InChI=1S/C19H24N6O2.ClH/c1-5-24(6-2)15-9-7-14(8-10-15)20-21-19-17-13-16(25(26)27)11-12-18(17)22(3)23(19)4;/h7-13,19H,5-6H2,1-4H3;1H. The molecule has 2 aromatic carbocycles. The molecule has 1 aliphatic heterocycles. The van der Waals surface area contributed by atoms with Crippen molar-refractivity contribution in [1.82, 2.24) is 5.01 Å². The number of nitrogens with one attached hydrogen (secondary N) is 1. The first-order valence-electron chi connectivity index (χ1n) is 9.07. The Bertz CT molecular complexity index is 854. The van der Waals surface area contributed by atoms with Crippen molar-refractivity contribution in [2.24, 2.45) is 10.2 Å². The number of nitro benzene ring substituents is 1. The summed E-state index contributed by atoms with van der Waals surface area (Å²) in [4.78, 5) is 13.0. The number of azo groups is 1. The van der Waals surface area contributed by atoms with E-state index in [0.29, 0.717) is 0 Å². The highest BCUT2D eigenvalue weighted by Crippen LogP contribution is 2.34. The molecule has 0 fully saturated rings. The lowest BCUT2D eigenvalue weighted by atomic mass is 10.1. The van der Waals surface area contributed by atoms with Gasteiger partial charge in [0.15, 0.2) is 11.9 Å². The zero-order valence-electron chi connectivity index (χ0n) is 16.5. The maximum absolute atomic E-state index is 11.1. The van der Waals surface area contributed by atoms with Gasteiger partial charge in [-0.05, 0) is 38.1 Å². The largest absolute Gasteiger partial charge is 1.00 e. The van der Waals surface area contributed by atoms with Gasteiger partial charge in [0.05, 0.1) is 23.2 Å². The number of anilines is 1. The molecule has 0 saturated carbocycles. The third kappa shape index (κ3) is 4.14. The van der Waals surface area contributed by atoms with Crippen LogP contribution in [0.15, 0.2) is 52.7 Å². The second kappa shape index (κ2) is 9.09. The molecule has 0 amide bonds. The van der Waals surface area contributed by atoms with Gasteiger partial charge in [0.1, 0.15) is 0 Å². The van der Waals surface area contributed by atoms with Gasteiger partial charge in [-0.15, -0.1) is 5.01 Å². The second-order valence-electron chi connectivity index (χ2n) is 6.50. The Morgan fingerprint density at radius 3 is 2.39 bits per heavy atom. The summed E-state index contributed by atoms with van der Waals surface area (Å²) in [5, 5.41) is 23.0. The fraction of sp³-hybridized carbons (Fsp3) is 0.368. The molecule has 8 nitrogen and oxygen atoms in total. The van der Waals surface area contributed by atoms with Crippen LogP contribution < -0.4 is 22.3 Å². The summed E-state index contributed by atoms with van der Waals surface area (Å²) >= 11 is 0. The Labute approximate surface area is 171 Å². The lowest BCUT2D eigenvalue weighted by molar-refractivity contribution is -0.934. The first kappa shape index (κ1) is 21.7. The van der Waals surface area contributed by atoms with Crippen molar-refractivity contribution >= 4 is 22.7 Å². The Morgan fingerprint density at radius 2 is 1.82 bits per heavy atom. The van der Waals surface area contributed by atoms with E-state index in [9.17, 15) is 10.1 Å². The Balaban J connectivity index is 0.00000280. The van der Waals surface area contributed by atoms with E-state index in [0.717, 1.165) is 40.7 Å². The Hall–Kier alpha value is -2.55. The molecule has 28 heavy (non-hydrogen) atoms. The number of rotatable bonds is 6. The Morgan fingerprint density at radius 1 is 1.18 bits per heavy atom. The highest BCUT2D eigenvalue weighted by Gasteiger charge is 2.38. The quantitative estimate of drug-likeness (QED) is 0.425. The van der Waals surface area contributed by atoms with Gasteiger partial charge in [0.25, 0.3) is 5.69 Å². The third-order valence-corrected chi connectivity index (χ3v) is 5.07. The molecular formula is C19H25ClN6O2. The summed E-state index contributed by atoms with van der Waals surface area (Å²) in [6.45, 7) is 6.16. The highest BCUT2D eigenvalue weighted by atomic mass is 35.5. The number of quaternary nitrogens is 1. The first-order valence-corrected chi connectivity index (χ1v) is 9.07. The van der Waals surface area contributed by atoms with Gasteiger partial charge in [-0.1, -0.05) is 0 Å². The van der Waals surface area contributed by atoms with E-state index in [-0.39, 0.29) is 29.2 Å². The number of nitro groups is 1. The normalized spacial score (nSPS) is 18.7. The van der Waals surface area contributed by atoms with E-state index in [4.69, 9.17) is 0 Å². The van der Waals surface area contributed by atoms with Crippen LogP contribution in [-0.2, 0) is 0 Å². The molecule has 0 radical (unpaired) electrons. The van der Waals surface area contributed by atoms with Crippen molar-refractivity contribution in [3.8, 4) is 0 Å². The van der Waals surface area contributed by atoms with Gasteiger partial charge in [-0.2, -0.15) is 10.2 Å². The van der Waals surface area contributed by atoms with Crippen LogP contribution in [-0.4, -0.2) is 37.1 Å². The predicted octanol–water partition coefficient (Wildman–Crippen LogP) is 0.234. The minimum absolute atomic E-state index is 0. The van der Waals surface area contributed by atoms with Crippen molar-refractivity contribution in [3.63, 3.8) is 0 Å². The third-order valence-electron chi connectivity index (χ3n) is 5.07. The molecule has 9 heteroatoms. The average molecular weight is 405 g/mol. The van der Waals surface area contributed by atoms with Gasteiger partial charge in [0.2, 0.25) is 0 Å². The summed E-state index contributed by atoms with van der Waals surface area (Å²) in [5.74, 6) is 0. The molecule has 0 saturated heterocycles. The number of halogens is 1. The summed E-state index contributed by atoms with van der Waals surface area (Å²) in [7, 11) is 3.91. The van der Waals surface area contributed by atoms with E-state index in [2.05, 4.69) is 29.0 Å². The number of nitrogens with zero attached hydrogens (tertiary/aromatic N) is 5. The van der Waals surface area contributed by atoms with Crippen molar-refractivity contribution in [2.45, 2.75) is 20.0 Å². The summed E-state index contributed by atoms with van der Waals surface area (Å²) in [6, 6.07) is 12.9. The lowest BCUT2D eigenvalue weighted by Gasteiger charge is -2.20. The minimum Gasteiger partial charge on any atom is -1.00 e. The van der Waals surface area contributed by atoms with E-state index in [1.165, 1.54) is 6.07 Å². The lowest BCUT2D eigenvalue weighted by Crippen LogP contribution is -3.08. The molecule has 3 rings (SSSR count). The van der Waals surface area contributed by atoms with Gasteiger partial charge >= 0.3 is 0 Å². The predicted molar refractivity (Wildman–Crippen MR) is 105 cm³/mol. The summed E-state index contributed by atoms with van der Waals surface area (Å²) in [6.07, 6.45) is -0.359. The minimum atomic E-state index is -0.381. The van der Waals surface area contributed by atoms with Crippen LogP contribution in [0.4, 0.5) is 22.7 Å². The van der Waals surface area contributed by atoms with Crippen molar-refractivity contribution in [3.05, 3.63) is 58.1 Å². The van der Waals surface area contributed by atoms with E-state index < -0.39 is 0 Å². The number of benzene rings is 2. The molecule has 0 bridgehead atoms. The molecule has 0 aromatic heterocycles. The van der Waals surface area contributed by atoms with E-state index in [1.807, 2.05) is 43.4 Å². The van der Waals surface area contributed by atoms with Crippen LogP contribution >= 0.6 is 0 Å². The maximum Gasteiger partial charge on any atom is 0.270 e. The van der Waals surface area contributed by atoms with Gasteiger partial charge in [-0.3, -0.25) is 10.1 Å². The van der Waals surface area contributed by atoms with E-state index >= 15 is 0 Å². The first-order chi connectivity index (χ1) is 13.0. The molecule has 1 aliphatic rings. The van der Waals surface area contributed by atoms with Crippen LogP contribution in [0.3, 0.4) is 0 Å². The molecule has 1 N–H and O–H groups in total. The van der Waals surface area contributed by atoms with Crippen LogP contribution in [0.25, 0.3) is 0 Å². The van der Waals surface area contributed by atoms with E-state index in [1.54, 1.807) is 12.1 Å². The average Bonchev–Trinajstić information content (AvgIpc) is 2.92. The molecule has 2 unspecified atom stereocenters. The zero-order chi connectivity index (χ0) is 19.6. The van der Waals surface area contributed by atoms with Gasteiger partial charge in [0, 0.05) is 44.0 Å². The monoisotopic (exact) mass is 404 g/mol. The highest BCUT2D eigenvalue weighted by molar-refractivity contribution is 5.53. The second-order valence-corrected chi connectivity index (χ2v) is 6.50. The fourth-order valence-corrected chi connectivity index (χ4v) is 3.37. The number of hydrogen-bond donors (Lipinski definition) is 1. The zero-order valence-corrected chi connectivity index (χ0v) is 17.2. The van der Waals surface area contributed by atoms with Gasteiger partial charge in [-0.25, -0.2) is 5.01 Å².